The van der Waals surface area contributed by atoms with Gasteiger partial charge in [0.25, 0.3) is 0 Å². The maximum Gasteiger partial charge on any atom is 0.250 e. The average molecular weight is 556 g/mol. The van der Waals surface area contributed by atoms with Crippen LogP contribution in [0.15, 0.2) is 72.9 Å². The highest BCUT2D eigenvalue weighted by molar-refractivity contribution is 7.80. The monoisotopic (exact) mass is 555 g/mol. The summed E-state index contributed by atoms with van der Waals surface area (Å²) in [6.07, 6.45) is 1.80. The van der Waals surface area contributed by atoms with Gasteiger partial charge in [-0.15, -0.1) is 0 Å². The van der Waals surface area contributed by atoms with Gasteiger partial charge < -0.3 is 34.3 Å². The molecule has 0 bridgehead atoms. The Bertz CT molecular complexity index is 1570. The fourth-order valence-corrected chi connectivity index (χ4v) is 5.84. The SMILES string of the molecule is COCC(=O)Nc1ccc(N2C(=S)N[C@H](c3ccccn3)[C@@H]2c2cc(C)n(-c3ccc4c(c3)OCO4)c2C)cc1. The molecule has 1 saturated heterocycles. The molecular weight excluding hydrogens is 526 g/mol. The lowest BCUT2D eigenvalue weighted by Crippen LogP contribution is -2.29. The summed E-state index contributed by atoms with van der Waals surface area (Å²) in [5.74, 6) is 1.28. The molecule has 1 fully saturated rings. The van der Waals surface area contributed by atoms with E-state index in [4.69, 9.17) is 26.4 Å². The molecule has 2 aromatic carbocycles. The quantitative estimate of drug-likeness (QED) is 0.309. The second-order valence-electron chi connectivity index (χ2n) is 9.72. The number of carbonyl (C=O) groups excluding carboxylic acids is 1. The van der Waals surface area contributed by atoms with Crippen LogP contribution in [-0.2, 0) is 9.53 Å². The van der Waals surface area contributed by atoms with E-state index in [1.807, 2.05) is 60.7 Å². The Morgan fingerprint density at radius 1 is 1.07 bits per heavy atom. The Kier molecular flexibility index (Phi) is 6.87. The van der Waals surface area contributed by atoms with Crippen LogP contribution in [0.3, 0.4) is 0 Å². The van der Waals surface area contributed by atoms with Crippen molar-refractivity contribution < 1.29 is 19.0 Å². The smallest absolute Gasteiger partial charge is 0.250 e. The third kappa shape index (κ3) is 4.65. The Morgan fingerprint density at radius 3 is 2.60 bits per heavy atom. The van der Waals surface area contributed by atoms with E-state index in [1.54, 1.807) is 6.20 Å². The van der Waals surface area contributed by atoms with Crippen molar-refractivity contribution in [3.05, 3.63) is 95.6 Å². The van der Waals surface area contributed by atoms with Crippen LogP contribution in [0, 0.1) is 13.8 Å². The van der Waals surface area contributed by atoms with Gasteiger partial charge in [-0.2, -0.15) is 0 Å². The highest BCUT2D eigenvalue weighted by Gasteiger charge is 2.42. The van der Waals surface area contributed by atoms with E-state index in [0.717, 1.165) is 45.5 Å². The topological polar surface area (TPSA) is 89.9 Å². The molecule has 0 aliphatic carbocycles. The number of nitrogens with zero attached hydrogens (tertiary/aromatic N) is 3. The molecule has 9 nitrogen and oxygen atoms in total. The number of thiocarbonyl (C=S) groups is 1. The van der Waals surface area contributed by atoms with E-state index in [9.17, 15) is 4.79 Å². The number of aromatic nitrogens is 2. The molecule has 2 N–H and O–H groups in total. The van der Waals surface area contributed by atoms with Crippen molar-refractivity contribution in [2.75, 3.05) is 30.7 Å². The summed E-state index contributed by atoms with van der Waals surface area (Å²) < 4.78 is 18.3. The van der Waals surface area contributed by atoms with Gasteiger partial charge in [0.05, 0.1) is 17.8 Å². The van der Waals surface area contributed by atoms with E-state index < -0.39 is 0 Å². The lowest BCUT2D eigenvalue weighted by atomic mass is 9.96. The Labute approximate surface area is 237 Å². The fourth-order valence-electron chi connectivity index (χ4n) is 5.49. The first kappa shape index (κ1) is 25.8. The van der Waals surface area contributed by atoms with E-state index in [2.05, 4.69) is 45.0 Å². The maximum absolute atomic E-state index is 12.0. The van der Waals surface area contributed by atoms with Crippen LogP contribution in [0.25, 0.3) is 5.69 Å². The number of anilines is 2. The normalized spacial score (nSPS) is 17.7. The number of nitrogens with one attached hydrogen (secondary N) is 2. The second-order valence-corrected chi connectivity index (χ2v) is 10.1. The van der Waals surface area contributed by atoms with Crippen molar-refractivity contribution in [2.45, 2.75) is 25.9 Å². The summed E-state index contributed by atoms with van der Waals surface area (Å²) in [6.45, 7) is 4.44. The molecule has 4 aromatic rings. The summed E-state index contributed by atoms with van der Waals surface area (Å²) >= 11 is 5.91. The Hall–Kier alpha value is -4.41. The first-order valence-corrected chi connectivity index (χ1v) is 13.3. The Morgan fingerprint density at radius 2 is 1.85 bits per heavy atom. The van der Waals surface area contributed by atoms with Gasteiger partial charge in [-0.25, -0.2) is 0 Å². The lowest BCUT2D eigenvalue weighted by Gasteiger charge is -2.28. The third-order valence-corrected chi connectivity index (χ3v) is 7.52. The molecule has 0 spiro atoms. The largest absolute Gasteiger partial charge is 0.454 e. The maximum atomic E-state index is 12.0. The standard InChI is InChI=1S/C30H29N5O4S/c1-18-14-23(19(2)34(18)22-11-12-25-26(15-22)39-17-38-25)29-28(24-6-4-5-13-31-24)33-30(40)35(29)21-9-7-20(8-10-21)32-27(36)16-37-3/h4-15,28-29H,16-17H2,1-3H3,(H,32,36)(H,33,40)/t28-,29+/m1/s1. The van der Waals surface area contributed by atoms with Crippen molar-refractivity contribution in [3.63, 3.8) is 0 Å². The number of ether oxygens (including phenoxy) is 3. The highest BCUT2D eigenvalue weighted by atomic mass is 32.1. The molecule has 1 amide bonds. The number of aryl methyl sites for hydroxylation is 1. The highest BCUT2D eigenvalue weighted by Crippen LogP contribution is 2.44. The second kappa shape index (κ2) is 10.6. The van der Waals surface area contributed by atoms with E-state index in [-0.39, 0.29) is 31.4 Å². The number of benzene rings is 2. The van der Waals surface area contributed by atoms with Crippen LogP contribution in [-0.4, -0.2) is 41.1 Å². The van der Waals surface area contributed by atoms with Crippen LogP contribution in [0.5, 0.6) is 11.5 Å². The summed E-state index contributed by atoms with van der Waals surface area (Å²) in [6, 6.07) is 21.4. The zero-order chi connectivity index (χ0) is 27.8. The molecule has 2 atom stereocenters. The molecule has 6 rings (SSSR count). The number of rotatable bonds is 7. The summed E-state index contributed by atoms with van der Waals surface area (Å²) in [5.41, 5.74) is 6.77. The minimum Gasteiger partial charge on any atom is -0.454 e. The minimum atomic E-state index is -0.211. The number of pyridine rings is 1. The molecule has 10 heteroatoms. The molecule has 0 radical (unpaired) electrons. The molecular formula is C30H29N5O4S. The zero-order valence-electron chi connectivity index (χ0n) is 22.4. The van der Waals surface area contributed by atoms with Crippen LogP contribution in [0.1, 0.15) is 34.7 Å². The molecule has 4 heterocycles. The molecule has 204 valence electrons. The molecule has 2 aliphatic rings. The first-order valence-electron chi connectivity index (χ1n) is 12.9. The number of hydrogen-bond donors (Lipinski definition) is 2. The molecule has 0 saturated carbocycles. The number of amides is 1. The summed E-state index contributed by atoms with van der Waals surface area (Å²) in [4.78, 5) is 18.8. The van der Waals surface area contributed by atoms with Crippen LogP contribution < -0.4 is 25.0 Å². The van der Waals surface area contributed by atoms with Crippen LogP contribution in [0.4, 0.5) is 11.4 Å². The fraction of sp³-hybridized carbons (Fsp3) is 0.233. The summed E-state index contributed by atoms with van der Waals surface area (Å²) in [5, 5.41) is 6.97. The number of methoxy groups -OCH3 is 1. The summed E-state index contributed by atoms with van der Waals surface area (Å²) in [7, 11) is 1.49. The van der Waals surface area contributed by atoms with Gasteiger partial charge in [-0.1, -0.05) is 6.07 Å². The van der Waals surface area contributed by atoms with Gasteiger partial charge in [0.2, 0.25) is 12.7 Å². The van der Waals surface area contributed by atoms with E-state index in [1.165, 1.54) is 7.11 Å². The van der Waals surface area contributed by atoms with Crippen LogP contribution >= 0.6 is 12.2 Å². The zero-order valence-corrected chi connectivity index (χ0v) is 23.2. The predicted molar refractivity (Wildman–Crippen MR) is 156 cm³/mol. The average Bonchev–Trinajstić information content (AvgIpc) is 3.64. The Balaban J connectivity index is 1.41. The molecule has 2 aromatic heterocycles. The van der Waals surface area contributed by atoms with Crippen molar-refractivity contribution in [1.82, 2.24) is 14.9 Å². The lowest BCUT2D eigenvalue weighted by molar-refractivity contribution is -0.119. The van der Waals surface area contributed by atoms with Gasteiger partial charge in [0, 0.05) is 47.8 Å². The van der Waals surface area contributed by atoms with Gasteiger partial charge in [-0.05, 0) is 86.2 Å². The van der Waals surface area contributed by atoms with Crippen molar-refractivity contribution in [1.29, 1.82) is 0 Å². The first-order chi connectivity index (χ1) is 19.4. The molecule has 2 aliphatic heterocycles. The third-order valence-electron chi connectivity index (χ3n) is 7.21. The van der Waals surface area contributed by atoms with Crippen molar-refractivity contribution >= 4 is 34.6 Å². The number of hydrogen-bond acceptors (Lipinski definition) is 6. The molecule has 0 unspecified atom stereocenters. The van der Waals surface area contributed by atoms with Gasteiger partial charge >= 0.3 is 0 Å². The number of fused-ring (bicyclic) bond motifs is 1. The van der Waals surface area contributed by atoms with E-state index in [0.29, 0.717) is 10.8 Å². The predicted octanol–water partition coefficient (Wildman–Crippen LogP) is 4.98. The number of carbonyl (C=O) groups is 1. The molecule has 40 heavy (non-hydrogen) atoms. The van der Waals surface area contributed by atoms with Gasteiger partial charge in [-0.3, -0.25) is 9.78 Å². The van der Waals surface area contributed by atoms with Crippen molar-refractivity contribution in [2.24, 2.45) is 0 Å². The van der Waals surface area contributed by atoms with Crippen molar-refractivity contribution in [3.8, 4) is 17.2 Å². The van der Waals surface area contributed by atoms with Gasteiger partial charge in [0.1, 0.15) is 6.61 Å². The van der Waals surface area contributed by atoms with Crippen LogP contribution in [0.2, 0.25) is 0 Å². The van der Waals surface area contributed by atoms with Gasteiger partial charge in [0.15, 0.2) is 16.6 Å². The van der Waals surface area contributed by atoms with E-state index >= 15 is 0 Å². The minimum absolute atomic E-state index is 0.00526.